The highest BCUT2D eigenvalue weighted by molar-refractivity contribution is 5.95. The molecule has 0 radical (unpaired) electrons. The highest BCUT2D eigenvalue weighted by Crippen LogP contribution is 2.39. The summed E-state index contributed by atoms with van der Waals surface area (Å²) in [5, 5.41) is 6.49. The Balaban J connectivity index is 2.27. The van der Waals surface area contributed by atoms with Crippen LogP contribution in [0, 0.1) is 5.92 Å². The molecular weight excluding hydrogens is 320 g/mol. The van der Waals surface area contributed by atoms with Gasteiger partial charge in [0.2, 0.25) is 5.75 Å². The molecule has 140 valence electrons. The average molecular weight is 350 g/mol. The van der Waals surface area contributed by atoms with Gasteiger partial charge in [-0.3, -0.25) is 4.79 Å². The van der Waals surface area contributed by atoms with Crippen LogP contribution in [0.3, 0.4) is 0 Å². The first kappa shape index (κ1) is 19.4. The molecule has 1 heterocycles. The molecule has 2 unspecified atom stereocenters. The van der Waals surface area contributed by atoms with Crippen molar-refractivity contribution in [2.45, 2.75) is 40.2 Å². The summed E-state index contributed by atoms with van der Waals surface area (Å²) in [7, 11) is 0. The molecule has 0 bridgehead atoms. The molecule has 2 atom stereocenters. The largest absolute Gasteiger partial charge is 0.490 e. The van der Waals surface area contributed by atoms with E-state index < -0.39 is 0 Å². The van der Waals surface area contributed by atoms with E-state index in [2.05, 4.69) is 17.6 Å². The maximum Gasteiger partial charge on any atom is 0.251 e. The van der Waals surface area contributed by atoms with Crippen LogP contribution in [-0.4, -0.2) is 44.9 Å². The topological polar surface area (TPSA) is 68.8 Å². The second kappa shape index (κ2) is 9.51. The summed E-state index contributed by atoms with van der Waals surface area (Å²) in [5.74, 6) is 1.93. The quantitative estimate of drug-likeness (QED) is 0.754. The molecule has 2 rings (SSSR count). The zero-order valence-corrected chi connectivity index (χ0v) is 15.7. The van der Waals surface area contributed by atoms with E-state index in [0.29, 0.717) is 48.6 Å². The Kier molecular flexibility index (Phi) is 7.37. The minimum Gasteiger partial charge on any atom is -0.490 e. The van der Waals surface area contributed by atoms with Crippen LogP contribution >= 0.6 is 0 Å². The standard InChI is InChI=1S/C19H30N2O4/c1-5-23-16-10-14(11-17(24-6-2)18(16)25-7-3)19(22)21-15-8-9-20-12-13(15)4/h10-11,13,15,20H,5-9,12H2,1-4H3,(H,21,22). The van der Waals surface area contributed by atoms with Crippen molar-refractivity contribution in [2.75, 3.05) is 32.9 Å². The first-order valence-electron chi connectivity index (χ1n) is 9.18. The SMILES string of the molecule is CCOc1cc(C(=O)NC2CCNCC2C)cc(OCC)c1OCC. The number of rotatable bonds is 8. The molecule has 0 spiro atoms. The van der Waals surface area contributed by atoms with Crippen LogP contribution in [0.15, 0.2) is 12.1 Å². The summed E-state index contributed by atoms with van der Waals surface area (Å²) in [6, 6.07) is 3.64. The molecule has 1 fully saturated rings. The molecule has 1 saturated heterocycles. The fourth-order valence-corrected chi connectivity index (χ4v) is 3.00. The van der Waals surface area contributed by atoms with Gasteiger partial charge >= 0.3 is 0 Å². The maximum atomic E-state index is 12.8. The van der Waals surface area contributed by atoms with Gasteiger partial charge in [-0.25, -0.2) is 0 Å². The number of amides is 1. The lowest BCUT2D eigenvalue weighted by molar-refractivity contribution is 0.0913. The van der Waals surface area contributed by atoms with E-state index in [9.17, 15) is 4.79 Å². The third-order valence-electron chi connectivity index (χ3n) is 4.27. The normalized spacial score (nSPS) is 20.0. The summed E-state index contributed by atoms with van der Waals surface area (Å²) >= 11 is 0. The number of hydrogen-bond donors (Lipinski definition) is 2. The van der Waals surface area contributed by atoms with Crippen molar-refractivity contribution in [3.8, 4) is 17.2 Å². The lowest BCUT2D eigenvalue weighted by Crippen LogP contribution is -2.48. The molecule has 1 aliphatic rings. The molecule has 1 aliphatic heterocycles. The number of nitrogens with one attached hydrogen (secondary N) is 2. The summed E-state index contributed by atoms with van der Waals surface area (Å²) in [5.41, 5.74) is 0.529. The summed E-state index contributed by atoms with van der Waals surface area (Å²) in [6.45, 7) is 11.2. The highest BCUT2D eigenvalue weighted by Gasteiger charge is 2.24. The van der Waals surface area contributed by atoms with E-state index >= 15 is 0 Å². The minimum atomic E-state index is -0.108. The van der Waals surface area contributed by atoms with E-state index in [-0.39, 0.29) is 11.9 Å². The van der Waals surface area contributed by atoms with Gasteiger partial charge in [-0.1, -0.05) is 6.92 Å². The van der Waals surface area contributed by atoms with Gasteiger partial charge in [0.15, 0.2) is 11.5 Å². The van der Waals surface area contributed by atoms with E-state index in [1.54, 1.807) is 12.1 Å². The fourth-order valence-electron chi connectivity index (χ4n) is 3.00. The van der Waals surface area contributed by atoms with Gasteiger partial charge in [-0.05, 0) is 58.3 Å². The molecular formula is C19H30N2O4. The zero-order valence-electron chi connectivity index (χ0n) is 15.7. The van der Waals surface area contributed by atoms with Crippen LogP contribution < -0.4 is 24.8 Å². The predicted octanol–water partition coefficient (Wildman–Crippen LogP) is 2.61. The fraction of sp³-hybridized carbons (Fsp3) is 0.632. The summed E-state index contributed by atoms with van der Waals surface area (Å²) in [6.07, 6.45) is 0.931. The van der Waals surface area contributed by atoms with Crippen LogP contribution in [0.4, 0.5) is 0 Å². The number of ether oxygens (including phenoxy) is 3. The molecule has 1 aromatic rings. The molecule has 25 heavy (non-hydrogen) atoms. The first-order valence-corrected chi connectivity index (χ1v) is 9.18. The van der Waals surface area contributed by atoms with Crippen molar-refractivity contribution in [3.63, 3.8) is 0 Å². The Hall–Kier alpha value is -1.95. The molecule has 1 aromatic carbocycles. The second-order valence-corrected chi connectivity index (χ2v) is 6.15. The number of carbonyl (C=O) groups is 1. The number of benzene rings is 1. The molecule has 0 aliphatic carbocycles. The predicted molar refractivity (Wildman–Crippen MR) is 97.9 cm³/mol. The van der Waals surface area contributed by atoms with Crippen molar-refractivity contribution < 1.29 is 19.0 Å². The van der Waals surface area contributed by atoms with E-state index in [4.69, 9.17) is 14.2 Å². The van der Waals surface area contributed by atoms with Gasteiger partial charge in [-0.2, -0.15) is 0 Å². The Morgan fingerprint density at radius 3 is 2.24 bits per heavy atom. The Bertz CT molecular complexity index is 550. The number of hydrogen-bond acceptors (Lipinski definition) is 5. The van der Waals surface area contributed by atoms with Crippen molar-refractivity contribution in [1.82, 2.24) is 10.6 Å². The third kappa shape index (κ3) is 5.01. The Morgan fingerprint density at radius 1 is 1.12 bits per heavy atom. The van der Waals surface area contributed by atoms with Crippen LogP contribution in [0.25, 0.3) is 0 Å². The smallest absolute Gasteiger partial charge is 0.251 e. The van der Waals surface area contributed by atoms with Crippen LogP contribution in [0.5, 0.6) is 17.2 Å². The van der Waals surface area contributed by atoms with Gasteiger partial charge in [0.25, 0.3) is 5.91 Å². The van der Waals surface area contributed by atoms with Gasteiger partial charge in [0, 0.05) is 11.6 Å². The minimum absolute atomic E-state index is 0.108. The third-order valence-corrected chi connectivity index (χ3v) is 4.27. The Labute approximate surface area is 150 Å². The number of carbonyl (C=O) groups excluding carboxylic acids is 1. The average Bonchev–Trinajstić information content (AvgIpc) is 2.60. The van der Waals surface area contributed by atoms with Crippen molar-refractivity contribution in [3.05, 3.63) is 17.7 Å². The van der Waals surface area contributed by atoms with Gasteiger partial charge in [0.05, 0.1) is 19.8 Å². The number of piperidine rings is 1. The van der Waals surface area contributed by atoms with Gasteiger partial charge < -0.3 is 24.8 Å². The molecule has 0 aromatic heterocycles. The van der Waals surface area contributed by atoms with Gasteiger partial charge in [-0.15, -0.1) is 0 Å². The lowest BCUT2D eigenvalue weighted by atomic mass is 9.95. The van der Waals surface area contributed by atoms with Crippen LogP contribution in [0.1, 0.15) is 44.5 Å². The monoisotopic (exact) mass is 350 g/mol. The molecule has 1 amide bonds. The Morgan fingerprint density at radius 2 is 1.72 bits per heavy atom. The summed E-state index contributed by atoms with van der Waals surface area (Å²) < 4.78 is 17.1. The van der Waals surface area contributed by atoms with Crippen molar-refractivity contribution in [1.29, 1.82) is 0 Å². The second-order valence-electron chi connectivity index (χ2n) is 6.15. The van der Waals surface area contributed by atoms with E-state index in [1.165, 1.54) is 0 Å². The van der Waals surface area contributed by atoms with E-state index in [1.807, 2.05) is 20.8 Å². The molecule has 2 N–H and O–H groups in total. The lowest BCUT2D eigenvalue weighted by Gasteiger charge is -2.30. The first-order chi connectivity index (χ1) is 12.1. The van der Waals surface area contributed by atoms with Gasteiger partial charge in [0.1, 0.15) is 0 Å². The maximum absolute atomic E-state index is 12.8. The molecule has 6 nitrogen and oxygen atoms in total. The molecule has 6 heteroatoms. The zero-order chi connectivity index (χ0) is 18.2. The van der Waals surface area contributed by atoms with Crippen molar-refractivity contribution in [2.24, 2.45) is 5.92 Å². The highest BCUT2D eigenvalue weighted by atomic mass is 16.5. The van der Waals surface area contributed by atoms with E-state index in [0.717, 1.165) is 19.5 Å². The van der Waals surface area contributed by atoms with Crippen LogP contribution in [-0.2, 0) is 0 Å². The molecule has 0 saturated carbocycles. The summed E-state index contributed by atoms with van der Waals surface area (Å²) in [4.78, 5) is 12.8. The van der Waals surface area contributed by atoms with Crippen LogP contribution in [0.2, 0.25) is 0 Å². The van der Waals surface area contributed by atoms with Crippen molar-refractivity contribution >= 4 is 5.91 Å².